The summed E-state index contributed by atoms with van der Waals surface area (Å²) in [5, 5.41) is 10.6. The zero-order valence-electron chi connectivity index (χ0n) is 12.5. The number of thioether (sulfide) groups is 2. The molecule has 0 aromatic heterocycles. The van der Waals surface area contributed by atoms with Gasteiger partial charge in [-0.25, -0.2) is 0 Å². The first-order valence-electron chi connectivity index (χ1n) is 6.63. The molecule has 21 heavy (non-hydrogen) atoms. The molecule has 0 N–H and O–H groups in total. The fourth-order valence-corrected chi connectivity index (χ4v) is 4.38. The number of nitriles is 1. The van der Waals surface area contributed by atoms with Crippen molar-refractivity contribution in [2.24, 2.45) is 0 Å². The molecule has 0 heterocycles. The van der Waals surface area contributed by atoms with E-state index in [2.05, 4.69) is 6.07 Å². The monoisotopic (exact) mass is 339 g/mol. The lowest BCUT2D eigenvalue weighted by Gasteiger charge is -2.13. The first kappa shape index (κ1) is 18.2. The van der Waals surface area contributed by atoms with Crippen molar-refractivity contribution in [3.63, 3.8) is 0 Å². The molecule has 0 spiro atoms. The van der Waals surface area contributed by atoms with E-state index in [9.17, 15) is 10.1 Å². The van der Waals surface area contributed by atoms with Gasteiger partial charge in [-0.05, 0) is 24.3 Å². The molecule has 2 nitrogen and oxygen atoms in total. The molecule has 0 saturated carbocycles. The van der Waals surface area contributed by atoms with E-state index in [4.69, 9.17) is 11.6 Å². The summed E-state index contributed by atoms with van der Waals surface area (Å²) in [6, 6.07) is 8.71. The maximum atomic E-state index is 12.5. The quantitative estimate of drug-likeness (QED) is 0.387. The van der Waals surface area contributed by atoms with Crippen molar-refractivity contribution in [2.45, 2.75) is 38.2 Å². The minimum atomic E-state index is -0.245. The van der Waals surface area contributed by atoms with Crippen LogP contribution >= 0.6 is 35.1 Å². The van der Waals surface area contributed by atoms with Crippen molar-refractivity contribution in [1.29, 1.82) is 5.26 Å². The van der Waals surface area contributed by atoms with Crippen LogP contribution in [0, 0.1) is 11.3 Å². The van der Waals surface area contributed by atoms with Gasteiger partial charge in [-0.2, -0.15) is 5.26 Å². The summed E-state index contributed by atoms with van der Waals surface area (Å²) in [5.74, 6) is -0.245. The highest BCUT2D eigenvalue weighted by Crippen LogP contribution is 2.37. The molecule has 0 saturated heterocycles. The van der Waals surface area contributed by atoms with Gasteiger partial charge in [0.1, 0.15) is 11.6 Å². The van der Waals surface area contributed by atoms with Crippen LogP contribution in [-0.4, -0.2) is 16.3 Å². The number of carbonyl (C=O) groups excluding carboxylic acids is 1. The van der Waals surface area contributed by atoms with E-state index in [1.54, 1.807) is 47.8 Å². The van der Waals surface area contributed by atoms with Crippen molar-refractivity contribution in [1.82, 2.24) is 0 Å². The smallest absolute Gasteiger partial charge is 0.205 e. The number of Topliss-reactive ketones (excluding diaryl/α,β-unsaturated/α-hetero) is 1. The van der Waals surface area contributed by atoms with E-state index in [-0.39, 0.29) is 11.4 Å². The second-order valence-corrected chi connectivity index (χ2v) is 8.81. The molecule has 0 amide bonds. The molecule has 1 aromatic rings. The summed E-state index contributed by atoms with van der Waals surface area (Å²) in [5.41, 5.74) is 0.705. The van der Waals surface area contributed by atoms with Crippen molar-refractivity contribution < 1.29 is 4.79 Å². The van der Waals surface area contributed by atoms with Crippen LogP contribution in [0.25, 0.3) is 0 Å². The van der Waals surface area contributed by atoms with Crippen molar-refractivity contribution in [3.8, 4) is 6.07 Å². The molecule has 0 atom stereocenters. The Bertz CT molecular complexity index is 559. The van der Waals surface area contributed by atoms with Gasteiger partial charge in [0.2, 0.25) is 5.78 Å². The first-order valence-corrected chi connectivity index (χ1v) is 8.76. The average molecular weight is 340 g/mol. The first-order chi connectivity index (χ1) is 9.85. The second-order valence-electron chi connectivity index (χ2n) is 4.94. The van der Waals surface area contributed by atoms with Gasteiger partial charge in [-0.3, -0.25) is 4.79 Å². The molecule has 0 radical (unpaired) electrons. The van der Waals surface area contributed by atoms with E-state index in [0.29, 0.717) is 21.1 Å². The molecule has 5 heteroatoms. The summed E-state index contributed by atoms with van der Waals surface area (Å²) < 4.78 is 0.794. The van der Waals surface area contributed by atoms with Gasteiger partial charge >= 0.3 is 0 Å². The number of ketones is 1. The third kappa shape index (κ3) is 5.78. The Morgan fingerprint density at radius 3 is 1.95 bits per heavy atom. The number of carbonyl (C=O) groups is 1. The molecular weight excluding hydrogens is 322 g/mol. The van der Waals surface area contributed by atoms with Crippen LogP contribution < -0.4 is 0 Å². The largest absolute Gasteiger partial charge is 0.288 e. The molecule has 1 rings (SSSR count). The average Bonchev–Trinajstić information content (AvgIpc) is 2.38. The number of nitrogens with zero attached hydrogens (tertiary/aromatic N) is 1. The van der Waals surface area contributed by atoms with Gasteiger partial charge in [0.25, 0.3) is 0 Å². The van der Waals surface area contributed by atoms with Crippen LogP contribution in [-0.2, 0) is 0 Å². The lowest BCUT2D eigenvalue weighted by atomic mass is 10.1. The predicted octanol–water partition coefficient (Wildman–Crippen LogP) is 5.54. The lowest BCUT2D eigenvalue weighted by Crippen LogP contribution is -2.05. The van der Waals surface area contributed by atoms with Gasteiger partial charge in [-0.15, -0.1) is 23.5 Å². The van der Waals surface area contributed by atoms with E-state index in [1.807, 2.05) is 27.7 Å². The molecule has 112 valence electrons. The Kier molecular flexibility index (Phi) is 7.37. The molecule has 0 bridgehead atoms. The van der Waals surface area contributed by atoms with Crippen molar-refractivity contribution in [3.05, 3.63) is 44.7 Å². The van der Waals surface area contributed by atoms with E-state index in [1.165, 1.54) is 0 Å². The number of allylic oxidation sites excluding steroid dienone is 1. The Balaban J connectivity index is 3.21. The minimum absolute atomic E-state index is 0.217. The SMILES string of the molecule is CC(C)SC(SC(C)C)=C(C#N)C(=O)c1ccc(Cl)cc1. The number of benzene rings is 1. The highest BCUT2D eigenvalue weighted by molar-refractivity contribution is 8.22. The maximum absolute atomic E-state index is 12.5. The van der Waals surface area contributed by atoms with Crippen LogP contribution in [0.3, 0.4) is 0 Å². The second kappa shape index (κ2) is 8.53. The Morgan fingerprint density at radius 2 is 1.57 bits per heavy atom. The van der Waals surface area contributed by atoms with Crippen LogP contribution in [0.2, 0.25) is 5.02 Å². The van der Waals surface area contributed by atoms with Crippen LogP contribution in [0.4, 0.5) is 0 Å². The minimum Gasteiger partial charge on any atom is -0.288 e. The molecule has 0 fully saturated rings. The molecule has 0 aliphatic carbocycles. The Hall–Kier alpha value is -0.890. The summed E-state index contributed by atoms with van der Waals surface area (Å²) in [7, 11) is 0. The Morgan fingerprint density at radius 1 is 1.10 bits per heavy atom. The summed E-state index contributed by atoms with van der Waals surface area (Å²) in [6.45, 7) is 8.20. The number of rotatable bonds is 6. The number of hydrogen-bond donors (Lipinski definition) is 0. The van der Waals surface area contributed by atoms with Gasteiger partial charge in [0, 0.05) is 21.1 Å². The van der Waals surface area contributed by atoms with E-state index in [0.717, 1.165) is 4.24 Å². The van der Waals surface area contributed by atoms with Crippen molar-refractivity contribution >= 4 is 40.9 Å². The summed E-state index contributed by atoms with van der Waals surface area (Å²) in [4.78, 5) is 12.5. The van der Waals surface area contributed by atoms with Gasteiger partial charge in [-0.1, -0.05) is 39.3 Å². The molecule has 0 aliphatic rings. The highest BCUT2D eigenvalue weighted by Gasteiger charge is 2.20. The zero-order chi connectivity index (χ0) is 16.0. The van der Waals surface area contributed by atoms with E-state index < -0.39 is 0 Å². The number of halogens is 1. The fourth-order valence-electron chi connectivity index (χ4n) is 1.51. The van der Waals surface area contributed by atoms with Crippen molar-refractivity contribution in [2.75, 3.05) is 0 Å². The van der Waals surface area contributed by atoms with E-state index >= 15 is 0 Å². The van der Waals surface area contributed by atoms with Crippen LogP contribution in [0.1, 0.15) is 38.1 Å². The maximum Gasteiger partial charge on any atom is 0.205 e. The number of hydrogen-bond acceptors (Lipinski definition) is 4. The third-order valence-corrected chi connectivity index (χ3v) is 4.94. The Labute approximate surface area is 139 Å². The zero-order valence-corrected chi connectivity index (χ0v) is 14.9. The summed E-state index contributed by atoms with van der Waals surface area (Å²) >= 11 is 8.95. The van der Waals surface area contributed by atoms with Crippen LogP contribution in [0.15, 0.2) is 34.1 Å². The predicted molar refractivity (Wildman–Crippen MR) is 93.9 cm³/mol. The topological polar surface area (TPSA) is 40.9 Å². The standard InChI is InChI=1S/C16H18ClNOS2/c1-10(2)20-16(21-11(3)4)14(9-18)15(19)12-5-7-13(17)8-6-12/h5-8,10-11H,1-4H3. The molecule has 0 aliphatic heterocycles. The van der Waals surface area contributed by atoms with Gasteiger partial charge in [0.05, 0.1) is 4.24 Å². The third-order valence-electron chi connectivity index (χ3n) is 2.33. The fraction of sp³-hybridized carbons (Fsp3) is 0.375. The summed E-state index contributed by atoms with van der Waals surface area (Å²) in [6.07, 6.45) is 0. The highest BCUT2D eigenvalue weighted by atomic mass is 35.5. The lowest BCUT2D eigenvalue weighted by molar-refractivity contribution is 0.103. The van der Waals surface area contributed by atoms with Gasteiger partial charge in [0.15, 0.2) is 0 Å². The molecular formula is C16H18ClNOS2. The molecule has 0 unspecified atom stereocenters. The van der Waals surface area contributed by atoms with Crippen LogP contribution in [0.5, 0.6) is 0 Å². The molecule has 1 aromatic carbocycles. The van der Waals surface area contributed by atoms with Gasteiger partial charge < -0.3 is 0 Å². The normalized spacial score (nSPS) is 10.6.